The first-order chi connectivity index (χ1) is 24.7. The minimum Gasteiger partial charge on any atom is -0.309 e. The van der Waals surface area contributed by atoms with Crippen LogP contribution in [0.5, 0.6) is 0 Å². The molecular weight excluding hydrogens is 609 g/mol. The Labute approximate surface area is 291 Å². The number of aromatic nitrogens is 2. The normalized spacial score (nSPS) is 11.3. The third-order valence-electron chi connectivity index (χ3n) is 9.51. The van der Waals surface area contributed by atoms with E-state index in [2.05, 4.69) is 138 Å². The van der Waals surface area contributed by atoms with Gasteiger partial charge in [0.15, 0.2) is 0 Å². The van der Waals surface area contributed by atoms with E-state index in [-0.39, 0.29) is 0 Å². The molecule has 4 nitrogen and oxygen atoms in total. The molecule has 0 spiro atoms. The molecule has 0 saturated heterocycles. The van der Waals surface area contributed by atoms with E-state index in [0.717, 1.165) is 73.2 Å². The van der Waals surface area contributed by atoms with Crippen molar-refractivity contribution in [1.29, 1.82) is 10.5 Å². The Kier molecular flexibility index (Phi) is 7.69. The van der Waals surface area contributed by atoms with Crippen LogP contribution in [-0.2, 0) is 0 Å². The van der Waals surface area contributed by atoms with E-state index in [1.54, 1.807) is 0 Å². The van der Waals surface area contributed by atoms with Crippen LogP contribution in [0.4, 0.5) is 0 Å². The maximum Gasteiger partial charge on any atom is 0.0998 e. The Morgan fingerprint density at radius 2 is 1.22 bits per heavy atom. The van der Waals surface area contributed by atoms with Crippen molar-refractivity contribution < 1.29 is 0 Å². The lowest BCUT2D eigenvalue weighted by Crippen LogP contribution is -2.00. The Morgan fingerprint density at radius 3 is 1.88 bits per heavy atom. The third kappa shape index (κ3) is 4.83. The summed E-state index contributed by atoms with van der Waals surface area (Å²) in [7, 11) is 0. The lowest BCUT2D eigenvalue weighted by atomic mass is 9.92. The molecule has 0 bridgehead atoms. The number of nitrogens with zero attached hydrogens (tertiary/aromatic N) is 4. The number of benzene rings is 6. The number of hydrogen-bond donors (Lipinski definition) is 0. The fourth-order valence-electron chi connectivity index (χ4n) is 7.30. The summed E-state index contributed by atoms with van der Waals surface area (Å²) in [5.74, 6) is 0. The van der Waals surface area contributed by atoms with Crippen LogP contribution >= 0.6 is 0 Å². The number of para-hydroxylation sites is 4. The topological polar surface area (TPSA) is 57.4 Å². The predicted molar refractivity (Wildman–Crippen MR) is 207 cm³/mol. The maximum atomic E-state index is 10.5. The van der Waals surface area contributed by atoms with E-state index in [1.165, 1.54) is 10.8 Å². The molecule has 2 heterocycles. The summed E-state index contributed by atoms with van der Waals surface area (Å²) in [6.45, 7) is 6.28. The Bertz CT molecular complexity index is 2690. The van der Waals surface area contributed by atoms with Gasteiger partial charge in [-0.2, -0.15) is 10.5 Å². The van der Waals surface area contributed by atoms with Gasteiger partial charge in [0.25, 0.3) is 0 Å². The van der Waals surface area contributed by atoms with Gasteiger partial charge in [0.05, 0.1) is 51.2 Å². The van der Waals surface area contributed by atoms with Gasteiger partial charge in [0.1, 0.15) is 0 Å². The number of fused-ring (bicyclic) bond motifs is 4. The van der Waals surface area contributed by atoms with Crippen LogP contribution in [0.1, 0.15) is 35.7 Å². The van der Waals surface area contributed by atoms with Crippen LogP contribution in [0.3, 0.4) is 0 Å². The second-order valence-corrected chi connectivity index (χ2v) is 12.3. The molecule has 0 unspecified atom stereocenters. The molecule has 0 radical (unpaired) electrons. The molecule has 2 aromatic heterocycles. The van der Waals surface area contributed by atoms with Gasteiger partial charge in [-0.05, 0) is 72.2 Å². The zero-order valence-electron chi connectivity index (χ0n) is 27.6. The van der Waals surface area contributed by atoms with Crippen molar-refractivity contribution in [3.8, 4) is 45.8 Å². The van der Waals surface area contributed by atoms with Crippen molar-refractivity contribution in [2.75, 3.05) is 0 Å². The Hall–Kier alpha value is -6.88. The molecule has 8 rings (SSSR count). The molecule has 0 aliphatic rings. The summed E-state index contributed by atoms with van der Waals surface area (Å²) in [5, 5.41) is 24.3. The zero-order chi connectivity index (χ0) is 34.2. The summed E-state index contributed by atoms with van der Waals surface area (Å²) in [6, 6.07) is 50.2. The number of rotatable bonds is 7. The summed E-state index contributed by atoms with van der Waals surface area (Å²) in [6.07, 6.45) is 7.13. The molecule has 8 aromatic rings. The molecule has 0 saturated carbocycles. The summed E-state index contributed by atoms with van der Waals surface area (Å²) in [4.78, 5) is 0. The Morgan fingerprint density at radius 1 is 0.600 bits per heavy atom. The average Bonchev–Trinajstić information content (AvgIpc) is 3.69. The highest BCUT2D eigenvalue weighted by Gasteiger charge is 2.19. The van der Waals surface area contributed by atoms with E-state index < -0.39 is 0 Å². The van der Waals surface area contributed by atoms with Crippen LogP contribution in [0.25, 0.3) is 78.5 Å². The second-order valence-electron chi connectivity index (χ2n) is 12.3. The molecule has 0 amide bonds. The predicted octanol–water partition coefficient (Wildman–Crippen LogP) is 11.9. The van der Waals surface area contributed by atoms with Crippen molar-refractivity contribution in [2.24, 2.45) is 0 Å². The average molecular weight is 641 g/mol. The lowest BCUT2D eigenvalue weighted by molar-refractivity contribution is 1.10. The minimum absolute atomic E-state index is 0.548. The van der Waals surface area contributed by atoms with Gasteiger partial charge in [-0.3, -0.25) is 0 Å². The molecule has 0 aliphatic heterocycles. The van der Waals surface area contributed by atoms with E-state index in [4.69, 9.17) is 0 Å². The SMILES string of the molecule is C=Cc1c(/C=C\CC)c2ccccc2n1-c1ccc(-c2ccc(C#N)c(-c3ccccc3-n3c4ccccc4c4ccccc43)c2)c(C#N)c1. The van der Waals surface area contributed by atoms with Crippen molar-refractivity contribution in [2.45, 2.75) is 13.3 Å². The van der Waals surface area contributed by atoms with Gasteiger partial charge in [0.2, 0.25) is 0 Å². The van der Waals surface area contributed by atoms with Gasteiger partial charge in [-0.15, -0.1) is 0 Å². The first-order valence-corrected chi connectivity index (χ1v) is 16.8. The molecule has 4 heteroatoms. The first-order valence-electron chi connectivity index (χ1n) is 16.8. The van der Waals surface area contributed by atoms with Crippen LogP contribution in [0.2, 0.25) is 0 Å². The van der Waals surface area contributed by atoms with E-state index >= 15 is 0 Å². The summed E-state index contributed by atoms with van der Waals surface area (Å²) in [5.41, 5.74) is 11.8. The number of allylic oxidation sites excluding steroid dienone is 1. The molecule has 0 aliphatic carbocycles. The minimum atomic E-state index is 0.548. The Balaban J connectivity index is 1.30. The maximum absolute atomic E-state index is 10.5. The quantitative estimate of drug-likeness (QED) is 0.174. The van der Waals surface area contributed by atoms with Gasteiger partial charge >= 0.3 is 0 Å². The van der Waals surface area contributed by atoms with Crippen molar-refractivity contribution in [3.63, 3.8) is 0 Å². The van der Waals surface area contributed by atoms with Crippen LogP contribution in [-0.4, -0.2) is 9.13 Å². The summed E-state index contributed by atoms with van der Waals surface area (Å²) < 4.78 is 4.46. The fourth-order valence-corrected chi connectivity index (χ4v) is 7.30. The van der Waals surface area contributed by atoms with Crippen molar-refractivity contribution >= 4 is 44.9 Å². The van der Waals surface area contributed by atoms with Crippen molar-refractivity contribution in [3.05, 3.63) is 168 Å². The van der Waals surface area contributed by atoms with E-state index in [9.17, 15) is 10.5 Å². The monoisotopic (exact) mass is 640 g/mol. The molecule has 236 valence electrons. The number of hydrogen-bond acceptors (Lipinski definition) is 2. The highest BCUT2D eigenvalue weighted by Crippen LogP contribution is 2.39. The third-order valence-corrected chi connectivity index (χ3v) is 9.51. The van der Waals surface area contributed by atoms with Crippen molar-refractivity contribution in [1.82, 2.24) is 9.13 Å². The smallest absolute Gasteiger partial charge is 0.0998 e. The second kappa shape index (κ2) is 12.6. The van der Waals surface area contributed by atoms with Crippen LogP contribution in [0, 0.1) is 22.7 Å². The largest absolute Gasteiger partial charge is 0.309 e. The van der Waals surface area contributed by atoms with E-state index in [0.29, 0.717) is 11.1 Å². The van der Waals surface area contributed by atoms with E-state index in [1.807, 2.05) is 48.5 Å². The lowest BCUT2D eigenvalue weighted by Gasteiger charge is -2.16. The molecular formula is C46H32N4. The number of nitriles is 2. The highest BCUT2D eigenvalue weighted by atomic mass is 15.0. The van der Waals surface area contributed by atoms with Gasteiger partial charge in [-0.25, -0.2) is 0 Å². The van der Waals surface area contributed by atoms with Crippen LogP contribution in [0.15, 0.2) is 146 Å². The highest BCUT2D eigenvalue weighted by molar-refractivity contribution is 6.09. The van der Waals surface area contributed by atoms with Gasteiger partial charge in [0, 0.05) is 38.5 Å². The molecule has 6 aromatic carbocycles. The standard InChI is InChI=1S/C46H32N4/c1-3-5-14-36-37-15-6-10-19-43(37)49(42(36)4-2)34-25-26-35(33(27-34)30-48)31-23-24-32(29-47)41(28-31)40-18-9-13-22-46(40)50-44-20-11-7-16-38(44)39-17-8-12-21-45(39)50/h4-28H,2-3H2,1H3/b14-5-. The first kappa shape index (κ1) is 30.5. The summed E-state index contributed by atoms with van der Waals surface area (Å²) >= 11 is 0. The fraction of sp³-hybridized carbons (Fsp3) is 0.0435. The molecule has 50 heavy (non-hydrogen) atoms. The zero-order valence-corrected chi connectivity index (χ0v) is 27.6. The van der Waals surface area contributed by atoms with Crippen LogP contribution < -0.4 is 0 Å². The van der Waals surface area contributed by atoms with Gasteiger partial charge in [-0.1, -0.05) is 111 Å². The molecule has 0 atom stereocenters. The molecule has 0 N–H and O–H groups in total. The van der Waals surface area contributed by atoms with Gasteiger partial charge < -0.3 is 9.13 Å². The molecule has 0 fully saturated rings.